The van der Waals surface area contributed by atoms with Gasteiger partial charge in [0.25, 0.3) is 0 Å². The summed E-state index contributed by atoms with van der Waals surface area (Å²) in [7, 11) is 0. The first-order valence-electron chi connectivity index (χ1n) is 8.27. The van der Waals surface area contributed by atoms with Crippen LogP contribution in [0.4, 0.5) is 0 Å². The molecule has 1 aliphatic rings. The van der Waals surface area contributed by atoms with Gasteiger partial charge < -0.3 is 10.4 Å². The molecule has 0 bridgehead atoms. The van der Waals surface area contributed by atoms with Gasteiger partial charge in [-0.15, -0.1) is 0 Å². The number of rotatable bonds is 11. The van der Waals surface area contributed by atoms with Gasteiger partial charge >= 0.3 is 0 Å². The smallest absolute Gasteiger partial charge is 0.0558 e. The molecule has 114 valence electrons. The van der Waals surface area contributed by atoms with Crippen LogP contribution in [0.15, 0.2) is 0 Å². The van der Waals surface area contributed by atoms with Gasteiger partial charge in [0.1, 0.15) is 0 Å². The second-order valence-electron chi connectivity index (χ2n) is 6.16. The molecular formula is C16H34N2O. The number of aliphatic hydroxyl groups is 1. The van der Waals surface area contributed by atoms with Crippen LogP contribution >= 0.6 is 0 Å². The lowest BCUT2D eigenvalue weighted by Crippen LogP contribution is -2.50. The van der Waals surface area contributed by atoms with Crippen LogP contribution in [0, 0.1) is 5.41 Å². The van der Waals surface area contributed by atoms with E-state index in [1.165, 1.54) is 38.5 Å². The van der Waals surface area contributed by atoms with Crippen molar-refractivity contribution in [1.29, 1.82) is 0 Å². The molecule has 1 fully saturated rings. The van der Waals surface area contributed by atoms with Gasteiger partial charge in [-0.05, 0) is 44.1 Å². The molecule has 1 aliphatic carbocycles. The summed E-state index contributed by atoms with van der Waals surface area (Å²) in [6.07, 6.45) is 7.65. The molecule has 19 heavy (non-hydrogen) atoms. The Bertz CT molecular complexity index is 225. The molecule has 3 heteroatoms. The molecule has 2 N–H and O–H groups in total. The Kier molecular flexibility index (Phi) is 7.96. The number of aliphatic hydroxyl groups excluding tert-OH is 1. The molecule has 0 heterocycles. The molecule has 0 radical (unpaired) electrons. The van der Waals surface area contributed by atoms with Gasteiger partial charge in [-0.25, -0.2) is 0 Å². The Morgan fingerprint density at radius 3 is 2.32 bits per heavy atom. The van der Waals surface area contributed by atoms with Crippen molar-refractivity contribution in [2.75, 3.05) is 32.8 Å². The van der Waals surface area contributed by atoms with E-state index in [9.17, 15) is 5.11 Å². The van der Waals surface area contributed by atoms with Crippen LogP contribution in [0.5, 0.6) is 0 Å². The highest BCUT2D eigenvalue weighted by Gasteiger charge is 2.33. The average molecular weight is 270 g/mol. The zero-order valence-corrected chi connectivity index (χ0v) is 13.2. The number of hydrogen-bond donors (Lipinski definition) is 2. The highest BCUT2D eigenvalue weighted by atomic mass is 16.3. The predicted octanol–water partition coefficient (Wildman–Crippen LogP) is 2.64. The van der Waals surface area contributed by atoms with E-state index in [0.717, 1.165) is 32.2 Å². The minimum atomic E-state index is 0.294. The quantitative estimate of drug-likeness (QED) is 0.567. The largest absolute Gasteiger partial charge is 0.395 e. The van der Waals surface area contributed by atoms with Crippen molar-refractivity contribution >= 4 is 0 Å². The van der Waals surface area contributed by atoms with Crippen molar-refractivity contribution in [2.45, 2.75) is 65.3 Å². The van der Waals surface area contributed by atoms with Crippen molar-refractivity contribution in [3.8, 4) is 0 Å². The third-order valence-corrected chi connectivity index (χ3v) is 4.94. The second-order valence-corrected chi connectivity index (χ2v) is 6.16. The van der Waals surface area contributed by atoms with Crippen LogP contribution in [-0.4, -0.2) is 48.8 Å². The molecule has 0 atom stereocenters. The van der Waals surface area contributed by atoms with E-state index in [2.05, 4.69) is 31.0 Å². The van der Waals surface area contributed by atoms with Gasteiger partial charge in [0.05, 0.1) is 6.61 Å². The first kappa shape index (κ1) is 16.9. The Morgan fingerprint density at radius 1 is 1.21 bits per heavy atom. The molecule has 0 spiro atoms. The molecule has 1 rings (SSSR count). The van der Waals surface area contributed by atoms with Crippen LogP contribution in [0.3, 0.4) is 0 Å². The van der Waals surface area contributed by atoms with Gasteiger partial charge in [0.2, 0.25) is 0 Å². The Labute approximate surface area is 119 Å². The molecular weight excluding hydrogens is 236 g/mol. The zero-order valence-electron chi connectivity index (χ0n) is 13.2. The fourth-order valence-corrected chi connectivity index (χ4v) is 3.01. The van der Waals surface area contributed by atoms with E-state index in [4.69, 9.17) is 0 Å². The SMILES string of the molecule is CCCNCC(CC)(CC)CN(CCO)C1CCC1. The molecule has 0 aromatic rings. The first-order valence-corrected chi connectivity index (χ1v) is 8.27. The lowest BCUT2D eigenvalue weighted by molar-refractivity contribution is 0.0481. The summed E-state index contributed by atoms with van der Waals surface area (Å²) in [5.41, 5.74) is 0.375. The van der Waals surface area contributed by atoms with E-state index >= 15 is 0 Å². The highest BCUT2D eigenvalue weighted by Crippen LogP contribution is 2.32. The maximum Gasteiger partial charge on any atom is 0.0558 e. The Balaban J connectivity index is 2.56. The van der Waals surface area contributed by atoms with Crippen LogP contribution in [0.25, 0.3) is 0 Å². The normalized spacial score (nSPS) is 16.9. The van der Waals surface area contributed by atoms with Crippen LogP contribution in [-0.2, 0) is 0 Å². The minimum absolute atomic E-state index is 0.294. The van der Waals surface area contributed by atoms with Crippen LogP contribution in [0.1, 0.15) is 59.3 Å². The van der Waals surface area contributed by atoms with E-state index in [-0.39, 0.29) is 0 Å². The van der Waals surface area contributed by atoms with Gasteiger partial charge in [-0.2, -0.15) is 0 Å². The first-order chi connectivity index (χ1) is 9.21. The molecule has 1 saturated carbocycles. The monoisotopic (exact) mass is 270 g/mol. The van der Waals surface area contributed by atoms with E-state index < -0.39 is 0 Å². The fourth-order valence-electron chi connectivity index (χ4n) is 3.01. The molecule has 0 unspecified atom stereocenters. The maximum absolute atomic E-state index is 9.30. The highest BCUT2D eigenvalue weighted by molar-refractivity contribution is 4.88. The minimum Gasteiger partial charge on any atom is -0.395 e. The topological polar surface area (TPSA) is 35.5 Å². The van der Waals surface area contributed by atoms with Crippen molar-refractivity contribution in [3.63, 3.8) is 0 Å². The lowest BCUT2D eigenvalue weighted by atomic mass is 9.80. The summed E-state index contributed by atoms with van der Waals surface area (Å²) < 4.78 is 0. The third-order valence-electron chi connectivity index (χ3n) is 4.94. The molecule has 0 amide bonds. The standard InChI is InChI=1S/C16H34N2O/c1-4-10-17-13-16(5-2,6-3)14-18(11-12-19)15-8-7-9-15/h15,17,19H,4-14H2,1-3H3. The summed E-state index contributed by atoms with van der Waals surface area (Å²) in [4.78, 5) is 2.55. The summed E-state index contributed by atoms with van der Waals surface area (Å²) in [6.45, 7) is 11.4. The molecule has 0 aliphatic heterocycles. The second kappa shape index (κ2) is 8.93. The number of nitrogens with zero attached hydrogens (tertiary/aromatic N) is 1. The van der Waals surface area contributed by atoms with Crippen molar-refractivity contribution in [1.82, 2.24) is 10.2 Å². The summed E-state index contributed by atoms with van der Waals surface area (Å²) in [6, 6.07) is 0.732. The lowest BCUT2D eigenvalue weighted by Gasteiger charge is -2.44. The molecule has 3 nitrogen and oxygen atoms in total. The summed E-state index contributed by atoms with van der Waals surface area (Å²) in [5, 5.41) is 12.9. The van der Waals surface area contributed by atoms with Gasteiger partial charge in [0.15, 0.2) is 0 Å². The molecule has 0 aromatic carbocycles. The molecule has 0 aromatic heterocycles. The Morgan fingerprint density at radius 2 is 1.89 bits per heavy atom. The van der Waals surface area contributed by atoms with Crippen LogP contribution < -0.4 is 5.32 Å². The van der Waals surface area contributed by atoms with E-state index in [0.29, 0.717) is 12.0 Å². The molecule has 0 saturated heterocycles. The average Bonchev–Trinajstić information content (AvgIpc) is 2.36. The van der Waals surface area contributed by atoms with E-state index in [1.54, 1.807) is 0 Å². The summed E-state index contributed by atoms with van der Waals surface area (Å²) >= 11 is 0. The predicted molar refractivity (Wildman–Crippen MR) is 82.5 cm³/mol. The van der Waals surface area contributed by atoms with Crippen molar-refractivity contribution in [2.24, 2.45) is 5.41 Å². The van der Waals surface area contributed by atoms with Crippen molar-refractivity contribution in [3.05, 3.63) is 0 Å². The van der Waals surface area contributed by atoms with Gasteiger partial charge in [0, 0.05) is 25.7 Å². The van der Waals surface area contributed by atoms with Crippen molar-refractivity contribution < 1.29 is 5.11 Å². The van der Waals surface area contributed by atoms with Gasteiger partial charge in [-0.3, -0.25) is 4.90 Å². The number of hydrogen-bond acceptors (Lipinski definition) is 3. The maximum atomic E-state index is 9.30. The zero-order chi connectivity index (χ0) is 14.1. The van der Waals surface area contributed by atoms with Gasteiger partial charge in [-0.1, -0.05) is 27.2 Å². The third kappa shape index (κ3) is 5.05. The summed E-state index contributed by atoms with van der Waals surface area (Å²) in [5.74, 6) is 0. The van der Waals surface area contributed by atoms with E-state index in [1.807, 2.05) is 0 Å². The fraction of sp³-hybridized carbons (Fsp3) is 1.00. The van der Waals surface area contributed by atoms with Crippen LogP contribution in [0.2, 0.25) is 0 Å². The number of nitrogens with one attached hydrogen (secondary N) is 1. The Hall–Kier alpha value is -0.120.